The summed E-state index contributed by atoms with van der Waals surface area (Å²) in [6.07, 6.45) is 2.18. The molecule has 0 saturated carbocycles. The highest BCUT2D eigenvalue weighted by atomic mass is 32.1. The molecular weight excluding hydrogens is 410 g/mol. The molecule has 1 atom stereocenters. The predicted octanol–water partition coefficient (Wildman–Crippen LogP) is 3.86. The molecule has 0 radical (unpaired) electrons. The van der Waals surface area contributed by atoms with Crippen LogP contribution in [-0.2, 0) is 11.3 Å². The molecule has 0 aliphatic heterocycles. The second-order valence-corrected chi connectivity index (χ2v) is 8.29. The average molecular weight is 436 g/mol. The van der Waals surface area contributed by atoms with Gasteiger partial charge in [0.1, 0.15) is 0 Å². The van der Waals surface area contributed by atoms with E-state index in [4.69, 9.17) is 12.2 Å². The van der Waals surface area contributed by atoms with E-state index in [1.807, 2.05) is 64.6 Å². The third-order valence-corrected chi connectivity index (χ3v) is 5.51. The van der Waals surface area contributed by atoms with Crippen LogP contribution in [0.4, 0.5) is 0 Å². The zero-order chi connectivity index (χ0) is 22.0. The van der Waals surface area contributed by atoms with Crippen LogP contribution in [0.3, 0.4) is 0 Å². The number of benzene rings is 1. The van der Waals surface area contributed by atoms with Crippen molar-refractivity contribution in [3.63, 3.8) is 0 Å². The molecule has 0 saturated heterocycles. The fourth-order valence-electron chi connectivity index (χ4n) is 3.59. The highest BCUT2D eigenvalue weighted by molar-refractivity contribution is 7.71. The lowest BCUT2D eigenvalue weighted by atomic mass is 10.0. The lowest BCUT2D eigenvalue weighted by Crippen LogP contribution is -2.33. The third-order valence-electron chi connectivity index (χ3n) is 5.20. The van der Waals surface area contributed by atoms with Gasteiger partial charge in [-0.3, -0.25) is 18.9 Å². The summed E-state index contributed by atoms with van der Waals surface area (Å²) in [5.41, 5.74) is 2.85. The van der Waals surface area contributed by atoms with E-state index < -0.39 is 0 Å². The Kier molecular flexibility index (Phi) is 5.94. The zero-order valence-electron chi connectivity index (χ0n) is 17.7. The molecule has 1 aromatic carbocycles. The summed E-state index contributed by atoms with van der Waals surface area (Å²) in [5.74, 6) is 1.52. The Balaban J connectivity index is 1.50. The molecule has 1 amide bonds. The summed E-state index contributed by atoms with van der Waals surface area (Å²) in [7, 11) is 0. The first kappa shape index (κ1) is 20.9. The van der Waals surface area contributed by atoms with Crippen molar-refractivity contribution >= 4 is 23.8 Å². The molecule has 0 spiro atoms. The lowest BCUT2D eigenvalue weighted by Gasteiger charge is -2.21. The maximum atomic E-state index is 12.9. The normalized spacial score (nSPS) is 12.4. The molecule has 3 aromatic heterocycles. The van der Waals surface area contributed by atoms with Gasteiger partial charge in [-0.15, -0.1) is 10.2 Å². The van der Waals surface area contributed by atoms with Gasteiger partial charge in [-0.05, 0) is 43.3 Å². The Bertz CT molecular complexity index is 1270. The monoisotopic (exact) mass is 435 g/mol. The number of pyridine rings is 1. The van der Waals surface area contributed by atoms with Crippen LogP contribution in [0.2, 0.25) is 0 Å². The maximum Gasteiger partial charge on any atom is 0.222 e. The molecule has 160 valence electrons. The molecule has 0 unspecified atom stereocenters. The number of amides is 1. The second-order valence-electron chi connectivity index (χ2n) is 7.90. The number of nitrogens with zero attached hydrogens (tertiary/aromatic N) is 5. The largest absolute Gasteiger partial charge is 0.346 e. The van der Waals surface area contributed by atoms with E-state index in [1.165, 1.54) is 0 Å². The van der Waals surface area contributed by atoms with Crippen LogP contribution in [0.15, 0.2) is 48.7 Å². The third kappa shape index (κ3) is 4.41. The average Bonchev–Trinajstić information content (AvgIpc) is 3.34. The van der Waals surface area contributed by atoms with E-state index in [-0.39, 0.29) is 24.3 Å². The van der Waals surface area contributed by atoms with Crippen LogP contribution in [0, 0.1) is 17.6 Å². The van der Waals surface area contributed by atoms with Gasteiger partial charge in [0.2, 0.25) is 5.91 Å². The summed E-state index contributed by atoms with van der Waals surface area (Å²) in [6.45, 7) is 6.56. The molecule has 0 fully saturated rings. The van der Waals surface area contributed by atoms with Gasteiger partial charge in [-0.1, -0.05) is 43.7 Å². The van der Waals surface area contributed by atoms with Crippen LogP contribution in [0.1, 0.15) is 37.7 Å². The Morgan fingerprint density at radius 2 is 2.03 bits per heavy atom. The number of H-pyrrole nitrogens is 1. The molecule has 4 aromatic rings. The number of hydrogen-bond donors (Lipinski definition) is 2. The highest BCUT2D eigenvalue weighted by Gasteiger charge is 2.23. The number of aromatic amines is 1. The van der Waals surface area contributed by atoms with Crippen molar-refractivity contribution in [2.45, 2.75) is 39.8 Å². The van der Waals surface area contributed by atoms with E-state index >= 15 is 0 Å². The van der Waals surface area contributed by atoms with Gasteiger partial charge in [0.25, 0.3) is 0 Å². The number of carbonyl (C=O) groups is 1. The Hall–Kier alpha value is -3.33. The Morgan fingerprint density at radius 1 is 1.19 bits per heavy atom. The molecule has 0 aliphatic carbocycles. The zero-order valence-corrected chi connectivity index (χ0v) is 18.6. The number of nitrogens with one attached hydrogen (secondary N) is 2. The van der Waals surface area contributed by atoms with Crippen molar-refractivity contribution in [3.8, 4) is 11.4 Å². The number of rotatable bonds is 7. The summed E-state index contributed by atoms with van der Waals surface area (Å²) in [5, 5.41) is 18.9. The van der Waals surface area contributed by atoms with E-state index in [0.717, 1.165) is 28.4 Å². The van der Waals surface area contributed by atoms with Crippen LogP contribution in [0.5, 0.6) is 0 Å². The molecule has 3 heterocycles. The molecule has 31 heavy (non-hydrogen) atoms. The molecular formula is C22H25N7OS. The van der Waals surface area contributed by atoms with Crippen molar-refractivity contribution in [1.29, 1.82) is 0 Å². The van der Waals surface area contributed by atoms with Gasteiger partial charge in [0.05, 0.1) is 6.04 Å². The minimum atomic E-state index is -0.251. The molecule has 2 N–H and O–H groups in total. The topological polar surface area (TPSA) is 92.9 Å². The first-order valence-electron chi connectivity index (χ1n) is 10.3. The van der Waals surface area contributed by atoms with Crippen LogP contribution in [0.25, 0.3) is 17.0 Å². The van der Waals surface area contributed by atoms with Crippen LogP contribution >= 0.6 is 12.2 Å². The fourth-order valence-corrected chi connectivity index (χ4v) is 3.81. The van der Waals surface area contributed by atoms with Crippen molar-refractivity contribution in [1.82, 2.24) is 34.7 Å². The predicted molar refractivity (Wildman–Crippen MR) is 121 cm³/mol. The number of fused-ring (bicyclic) bond motifs is 1. The first-order valence-corrected chi connectivity index (χ1v) is 10.7. The second kappa shape index (κ2) is 8.81. The van der Waals surface area contributed by atoms with Crippen molar-refractivity contribution in [2.75, 3.05) is 0 Å². The number of carbonyl (C=O) groups excluding carboxylic acids is 1. The van der Waals surface area contributed by atoms with Gasteiger partial charge in [0, 0.05) is 24.7 Å². The smallest absolute Gasteiger partial charge is 0.222 e. The van der Waals surface area contributed by atoms with E-state index in [1.54, 1.807) is 0 Å². The maximum absolute atomic E-state index is 12.9. The molecule has 0 aliphatic rings. The number of aromatic nitrogens is 6. The summed E-state index contributed by atoms with van der Waals surface area (Å²) in [4.78, 5) is 12.9. The van der Waals surface area contributed by atoms with Gasteiger partial charge in [-0.25, -0.2) is 0 Å². The molecule has 9 heteroatoms. The quantitative estimate of drug-likeness (QED) is 0.430. The summed E-state index contributed by atoms with van der Waals surface area (Å²) in [6, 6.07) is 13.5. The molecule has 4 rings (SSSR count). The number of hydrogen-bond acceptors (Lipinski definition) is 5. The fraction of sp³-hybridized carbons (Fsp3) is 0.318. The van der Waals surface area contributed by atoms with E-state index in [2.05, 4.69) is 39.6 Å². The van der Waals surface area contributed by atoms with Gasteiger partial charge >= 0.3 is 0 Å². The highest BCUT2D eigenvalue weighted by Crippen LogP contribution is 2.22. The van der Waals surface area contributed by atoms with Crippen LogP contribution < -0.4 is 5.32 Å². The van der Waals surface area contributed by atoms with E-state index in [9.17, 15) is 4.79 Å². The minimum Gasteiger partial charge on any atom is -0.346 e. The van der Waals surface area contributed by atoms with Crippen molar-refractivity contribution < 1.29 is 4.79 Å². The van der Waals surface area contributed by atoms with Crippen molar-refractivity contribution in [2.24, 2.45) is 5.92 Å². The van der Waals surface area contributed by atoms with Gasteiger partial charge < -0.3 is 5.32 Å². The molecule has 8 nitrogen and oxygen atoms in total. The molecule has 0 bridgehead atoms. The first-order chi connectivity index (χ1) is 14.9. The SMILES string of the molecule is Cc1cccc(-c2n[nH]c(=S)n2CCC(=O)N[C@H](c2nnc3ccccn23)C(C)C)c1. The van der Waals surface area contributed by atoms with E-state index in [0.29, 0.717) is 11.3 Å². The lowest BCUT2D eigenvalue weighted by molar-refractivity contribution is -0.122. The van der Waals surface area contributed by atoms with Crippen LogP contribution in [-0.4, -0.2) is 35.3 Å². The Morgan fingerprint density at radius 3 is 2.81 bits per heavy atom. The van der Waals surface area contributed by atoms with Crippen molar-refractivity contribution in [3.05, 3.63) is 64.8 Å². The number of aryl methyl sites for hydroxylation is 1. The minimum absolute atomic E-state index is 0.0790. The summed E-state index contributed by atoms with van der Waals surface area (Å²) >= 11 is 5.40. The van der Waals surface area contributed by atoms with Gasteiger partial charge in [-0.2, -0.15) is 5.10 Å². The summed E-state index contributed by atoms with van der Waals surface area (Å²) < 4.78 is 4.27. The standard InChI is InChI=1S/C22H25N7OS/c1-14(2)19(21-26-24-17-9-4-5-11-28(17)21)23-18(30)10-12-29-20(25-27-22(29)31)16-8-6-7-15(3)13-16/h4-9,11,13-14,19H,10,12H2,1-3H3,(H,23,30)(H,27,31)/t19-/m0/s1. The van der Waals surface area contributed by atoms with Gasteiger partial charge in [0.15, 0.2) is 22.1 Å². The Labute approximate surface area is 185 Å².